The van der Waals surface area contributed by atoms with Crippen molar-refractivity contribution in [2.75, 3.05) is 6.54 Å². The van der Waals surface area contributed by atoms with Crippen LogP contribution in [0.3, 0.4) is 0 Å². The Kier molecular flexibility index (Phi) is 3.29. The van der Waals surface area contributed by atoms with Crippen molar-refractivity contribution in [1.29, 1.82) is 0 Å². The standard InChI is InChI=1S/C12H13BrN2O/c1-15-8-9(6-7-14-12(13)16)10-4-2-3-5-11(10)15/h2-5,8H,6-7H2,1H3,(H,14,16). The largest absolute Gasteiger partial charge is 0.350 e. The molecule has 4 heteroatoms. The molecule has 0 bridgehead atoms. The fraction of sp³-hybridized carbons (Fsp3) is 0.250. The maximum absolute atomic E-state index is 10.7. The van der Waals surface area contributed by atoms with Crippen LogP contribution in [0.4, 0.5) is 4.79 Å². The third-order valence-corrected chi connectivity index (χ3v) is 2.92. The van der Waals surface area contributed by atoms with Crippen LogP contribution in [-0.4, -0.2) is 15.9 Å². The summed E-state index contributed by atoms with van der Waals surface area (Å²) in [5, 5.41) is 3.99. The summed E-state index contributed by atoms with van der Waals surface area (Å²) in [5.74, 6) is 0. The maximum atomic E-state index is 10.7. The van der Waals surface area contributed by atoms with Crippen LogP contribution in [0.15, 0.2) is 30.5 Å². The van der Waals surface area contributed by atoms with Gasteiger partial charge in [0.15, 0.2) is 0 Å². The summed E-state index contributed by atoms with van der Waals surface area (Å²) in [7, 11) is 2.04. The lowest BCUT2D eigenvalue weighted by molar-refractivity contribution is 0.262. The molecule has 2 aromatic rings. The maximum Gasteiger partial charge on any atom is 0.287 e. The van der Waals surface area contributed by atoms with Gasteiger partial charge < -0.3 is 9.88 Å². The topological polar surface area (TPSA) is 34.0 Å². The van der Waals surface area contributed by atoms with Gasteiger partial charge in [-0.05, 0) is 18.1 Å². The van der Waals surface area contributed by atoms with Gasteiger partial charge >= 0.3 is 0 Å². The molecule has 0 radical (unpaired) electrons. The highest BCUT2D eigenvalue weighted by Gasteiger charge is 2.05. The number of fused-ring (bicyclic) bond motifs is 1. The van der Waals surface area contributed by atoms with Crippen LogP contribution in [0.5, 0.6) is 0 Å². The van der Waals surface area contributed by atoms with E-state index in [9.17, 15) is 4.79 Å². The fourth-order valence-electron chi connectivity index (χ4n) is 1.92. The highest BCUT2D eigenvalue weighted by Crippen LogP contribution is 2.20. The number of nitrogens with zero attached hydrogens (tertiary/aromatic N) is 1. The number of halogens is 1. The second-order valence-electron chi connectivity index (χ2n) is 3.73. The van der Waals surface area contributed by atoms with E-state index < -0.39 is 0 Å². The van der Waals surface area contributed by atoms with Gasteiger partial charge in [0.2, 0.25) is 0 Å². The predicted octanol–water partition coefficient (Wildman–Crippen LogP) is 2.83. The SMILES string of the molecule is Cn1cc(CCNC(=O)Br)c2ccccc21. The van der Waals surface area contributed by atoms with E-state index in [2.05, 4.69) is 44.1 Å². The van der Waals surface area contributed by atoms with E-state index in [4.69, 9.17) is 0 Å². The molecule has 0 unspecified atom stereocenters. The molecule has 0 saturated carbocycles. The number of amides is 1. The normalized spacial score (nSPS) is 10.6. The smallest absolute Gasteiger partial charge is 0.287 e. The van der Waals surface area contributed by atoms with Gasteiger partial charge in [-0.1, -0.05) is 18.2 Å². The zero-order valence-electron chi connectivity index (χ0n) is 9.03. The quantitative estimate of drug-likeness (QED) is 0.681. The zero-order chi connectivity index (χ0) is 11.5. The van der Waals surface area contributed by atoms with Gasteiger partial charge in [-0.3, -0.25) is 4.79 Å². The van der Waals surface area contributed by atoms with E-state index in [-0.39, 0.29) is 4.82 Å². The first-order valence-corrected chi connectivity index (χ1v) is 5.94. The Bertz CT molecular complexity index is 519. The minimum atomic E-state index is -0.160. The summed E-state index contributed by atoms with van der Waals surface area (Å²) in [6.07, 6.45) is 2.96. The van der Waals surface area contributed by atoms with E-state index in [0.29, 0.717) is 6.54 Å². The molecule has 84 valence electrons. The minimum absolute atomic E-state index is 0.160. The Morgan fingerprint density at radius 2 is 2.19 bits per heavy atom. The Balaban J connectivity index is 2.21. The number of carbonyl (C=O) groups excluding carboxylic acids is 1. The Hall–Kier alpha value is -1.29. The Labute approximate surface area is 103 Å². The summed E-state index contributed by atoms with van der Waals surface area (Å²) in [6, 6.07) is 8.28. The van der Waals surface area contributed by atoms with Crippen LogP contribution in [0, 0.1) is 0 Å². The van der Waals surface area contributed by atoms with Crippen molar-refractivity contribution < 1.29 is 4.79 Å². The Morgan fingerprint density at radius 3 is 2.94 bits per heavy atom. The molecule has 0 fully saturated rings. The van der Waals surface area contributed by atoms with Crippen molar-refractivity contribution in [1.82, 2.24) is 9.88 Å². The molecule has 0 spiro atoms. The van der Waals surface area contributed by atoms with Crippen molar-refractivity contribution in [2.24, 2.45) is 7.05 Å². The summed E-state index contributed by atoms with van der Waals surface area (Å²) >= 11 is 2.85. The van der Waals surface area contributed by atoms with Gasteiger partial charge in [-0.2, -0.15) is 0 Å². The van der Waals surface area contributed by atoms with Gasteiger partial charge in [-0.15, -0.1) is 0 Å². The molecule has 1 amide bonds. The lowest BCUT2D eigenvalue weighted by atomic mass is 10.1. The molecule has 16 heavy (non-hydrogen) atoms. The summed E-state index contributed by atoms with van der Waals surface area (Å²) in [4.78, 5) is 10.5. The van der Waals surface area contributed by atoms with Gasteiger partial charge in [0.05, 0.1) is 0 Å². The first-order chi connectivity index (χ1) is 7.68. The number of nitrogens with one attached hydrogen (secondary N) is 1. The van der Waals surface area contributed by atoms with Crippen molar-refractivity contribution in [3.63, 3.8) is 0 Å². The van der Waals surface area contributed by atoms with E-state index in [0.717, 1.165) is 6.42 Å². The highest BCUT2D eigenvalue weighted by atomic mass is 79.9. The number of benzene rings is 1. The molecule has 0 saturated heterocycles. The molecule has 1 aromatic heterocycles. The fourth-order valence-corrected chi connectivity index (χ4v) is 2.12. The molecule has 0 aliphatic heterocycles. The van der Waals surface area contributed by atoms with Crippen LogP contribution in [0.1, 0.15) is 5.56 Å². The molecule has 1 N–H and O–H groups in total. The Morgan fingerprint density at radius 1 is 1.44 bits per heavy atom. The number of hydrogen-bond acceptors (Lipinski definition) is 1. The third kappa shape index (κ3) is 2.27. The molecular formula is C12H13BrN2O. The number of carbonyl (C=O) groups is 1. The number of aromatic nitrogens is 1. The third-order valence-electron chi connectivity index (χ3n) is 2.64. The molecule has 1 aromatic carbocycles. The average Bonchev–Trinajstić information content (AvgIpc) is 2.57. The highest BCUT2D eigenvalue weighted by molar-refractivity contribution is 9.18. The van der Waals surface area contributed by atoms with Gasteiger partial charge in [0, 0.05) is 46.6 Å². The van der Waals surface area contributed by atoms with Gasteiger partial charge in [0.1, 0.15) is 0 Å². The molecule has 0 atom stereocenters. The molecular weight excluding hydrogens is 268 g/mol. The summed E-state index contributed by atoms with van der Waals surface area (Å²) < 4.78 is 2.11. The number of rotatable bonds is 3. The van der Waals surface area contributed by atoms with E-state index in [1.54, 1.807) is 0 Å². The molecule has 1 heterocycles. The first-order valence-electron chi connectivity index (χ1n) is 5.15. The summed E-state index contributed by atoms with van der Waals surface area (Å²) in [6.45, 7) is 0.651. The number of hydrogen-bond donors (Lipinski definition) is 1. The van der Waals surface area contributed by atoms with Crippen molar-refractivity contribution in [3.8, 4) is 0 Å². The monoisotopic (exact) mass is 280 g/mol. The molecule has 0 aliphatic carbocycles. The van der Waals surface area contributed by atoms with Gasteiger partial charge in [0.25, 0.3) is 4.82 Å². The van der Waals surface area contributed by atoms with E-state index in [1.807, 2.05) is 19.2 Å². The summed E-state index contributed by atoms with van der Waals surface area (Å²) in [5.41, 5.74) is 2.49. The molecule has 2 rings (SSSR count). The van der Waals surface area contributed by atoms with E-state index in [1.165, 1.54) is 16.5 Å². The van der Waals surface area contributed by atoms with Crippen LogP contribution in [0.25, 0.3) is 10.9 Å². The van der Waals surface area contributed by atoms with Crippen molar-refractivity contribution in [2.45, 2.75) is 6.42 Å². The number of para-hydroxylation sites is 1. The minimum Gasteiger partial charge on any atom is -0.350 e. The second-order valence-corrected chi connectivity index (χ2v) is 4.45. The average molecular weight is 281 g/mol. The lowest BCUT2D eigenvalue weighted by Gasteiger charge is -1.99. The zero-order valence-corrected chi connectivity index (χ0v) is 10.6. The van der Waals surface area contributed by atoms with Gasteiger partial charge in [-0.25, -0.2) is 0 Å². The van der Waals surface area contributed by atoms with E-state index >= 15 is 0 Å². The molecule has 0 aliphatic rings. The first kappa shape index (κ1) is 11.2. The predicted molar refractivity (Wildman–Crippen MR) is 68.9 cm³/mol. The van der Waals surface area contributed by atoms with Crippen LogP contribution in [-0.2, 0) is 13.5 Å². The second kappa shape index (κ2) is 4.70. The van der Waals surface area contributed by atoms with Crippen LogP contribution >= 0.6 is 15.9 Å². The number of aryl methyl sites for hydroxylation is 1. The van der Waals surface area contributed by atoms with Crippen LogP contribution in [0.2, 0.25) is 0 Å². The van der Waals surface area contributed by atoms with Crippen molar-refractivity contribution >= 4 is 31.6 Å². The van der Waals surface area contributed by atoms with Crippen LogP contribution < -0.4 is 5.32 Å². The van der Waals surface area contributed by atoms with Crippen molar-refractivity contribution in [3.05, 3.63) is 36.0 Å². The molecule has 3 nitrogen and oxygen atoms in total. The lowest BCUT2D eigenvalue weighted by Crippen LogP contribution is -2.18.